The first-order chi connectivity index (χ1) is 6.82. The molecular weight excluding hydrogens is 224 g/mol. The fourth-order valence-electron chi connectivity index (χ4n) is 0.865. The van der Waals surface area contributed by atoms with E-state index in [4.69, 9.17) is 15.2 Å². The number of carbonyl (C=O) groups is 1. The number of nitrogens with zero attached hydrogens (tertiary/aromatic N) is 2. The smallest absolute Gasteiger partial charge is 0.478 e. The van der Waals surface area contributed by atoms with E-state index in [0.717, 1.165) is 24.3 Å². The highest BCUT2D eigenvalue weighted by Crippen LogP contribution is 2.15. The summed E-state index contributed by atoms with van der Waals surface area (Å²) < 4.78 is 29.0. The first-order valence-corrected chi connectivity index (χ1v) is 5.02. The summed E-state index contributed by atoms with van der Waals surface area (Å²) in [6.07, 6.45) is 0. The average molecular weight is 230 g/mol. The molecule has 0 aliphatic carbocycles. The largest absolute Gasteiger partial charge is 0.501 e. The van der Waals surface area contributed by atoms with Crippen LogP contribution in [-0.2, 0) is 10.3 Å². The molecule has 1 aromatic carbocycles. The molecule has 0 atom stereocenters. The number of hydrogen-bond donors (Lipinski definition) is 2. The van der Waals surface area contributed by atoms with Gasteiger partial charge in [0.05, 0.1) is 5.56 Å². The van der Waals surface area contributed by atoms with Crippen LogP contribution in [0.2, 0.25) is 0 Å². The van der Waals surface area contributed by atoms with Gasteiger partial charge in [0.2, 0.25) is 5.69 Å². The number of benzene rings is 1. The van der Waals surface area contributed by atoms with E-state index in [9.17, 15) is 13.2 Å². The lowest BCUT2D eigenvalue weighted by atomic mass is 10.2. The second kappa shape index (κ2) is 3.75. The molecule has 0 aromatic heterocycles. The molecule has 80 valence electrons. The Morgan fingerprint density at radius 3 is 2.07 bits per heavy atom. The van der Waals surface area contributed by atoms with Crippen LogP contribution in [0.4, 0.5) is 5.69 Å². The number of rotatable bonds is 3. The lowest BCUT2D eigenvalue weighted by Crippen LogP contribution is -2.11. The maximum atomic E-state index is 10.5. The highest BCUT2D eigenvalue weighted by molar-refractivity contribution is 7.79. The van der Waals surface area contributed by atoms with Gasteiger partial charge in [0.1, 0.15) is 0 Å². The SMILES string of the molecule is [N-]=[N+](c1ccc(C(=O)O)cc1)S(=O)(=O)O. The average Bonchev–Trinajstić information content (AvgIpc) is 2.15. The summed E-state index contributed by atoms with van der Waals surface area (Å²) in [7, 11) is -4.75. The fourth-order valence-corrected chi connectivity index (χ4v) is 1.25. The molecule has 0 fully saturated rings. The molecule has 0 bridgehead atoms. The van der Waals surface area contributed by atoms with E-state index in [1.165, 1.54) is 0 Å². The van der Waals surface area contributed by atoms with Crippen LogP contribution in [0.5, 0.6) is 0 Å². The van der Waals surface area contributed by atoms with Crippen molar-refractivity contribution in [2.75, 3.05) is 0 Å². The van der Waals surface area contributed by atoms with Crippen molar-refractivity contribution in [3.63, 3.8) is 0 Å². The molecule has 0 amide bonds. The first-order valence-electron chi connectivity index (χ1n) is 3.62. The zero-order valence-electron chi connectivity index (χ0n) is 7.23. The van der Waals surface area contributed by atoms with Crippen LogP contribution in [-0.4, -0.2) is 28.1 Å². The topological polar surface area (TPSA) is 117 Å². The Hall–Kier alpha value is -1.80. The summed E-state index contributed by atoms with van der Waals surface area (Å²) in [6, 6.07) is 4.26. The van der Waals surface area contributed by atoms with Crippen LogP contribution in [0.15, 0.2) is 24.3 Å². The molecule has 0 saturated carbocycles. The van der Waals surface area contributed by atoms with Gasteiger partial charge < -0.3 is 10.6 Å². The maximum Gasteiger partial charge on any atom is 0.501 e. The Balaban J connectivity index is 3.11. The first kappa shape index (κ1) is 11.3. The minimum atomic E-state index is -4.75. The fraction of sp³-hybridized carbons (Fsp3) is 0. The van der Waals surface area contributed by atoms with E-state index in [2.05, 4.69) is 0 Å². The van der Waals surface area contributed by atoms with Gasteiger partial charge in [-0.15, -0.1) is 12.5 Å². The molecule has 0 unspecified atom stereocenters. The van der Waals surface area contributed by atoms with E-state index in [1.807, 2.05) is 0 Å². The van der Waals surface area contributed by atoms with Gasteiger partial charge in [-0.1, -0.05) is 0 Å². The monoisotopic (exact) mass is 230 g/mol. The van der Waals surface area contributed by atoms with E-state index < -0.39 is 16.3 Å². The highest BCUT2D eigenvalue weighted by atomic mass is 32.2. The predicted octanol–water partition coefficient (Wildman–Crippen LogP) is 0.853. The Morgan fingerprint density at radius 2 is 1.73 bits per heavy atom. The summed E-state index contributed by atoms with van der Waals surface area (Å²) in [6.45, 7) is 0. The molecule has 8 heteroatoms. The Morgan fingerprint density at radius 1 is 1.27 bits per heavy atom. The summed E-state index contributed by atoms with van der Waals surface area (Å²) >= 11 is 0. The van der Waals surface area contributed by atoms with Crippen molar-refractivity contribution in [2.45, 2.75) is 0 Å². The second-order valence-corrected chi connectivity index (χ2v) is 3.81. The Bertz CT molecular complexity index is 505. The quantitative estimate of drug-likeness (QED) is 0.453. The third kappa shape index (κ3) is 2.58. The summed E-state index contributed by atoms with van der Waals surface area (Å²) in [5.74, 6) is -1.18. The summed E-state index contributed by atoms with van der Waals surface area (Å²) in [5, 5.41) is 8.53. The minimum absolute atomic E-state index is 0.0671. The standard InChI is InChI=1S/C7H6N2O5S/c8-9(15(12,13)14)6-3-1-5(2-4-6)7(10)11/h1-4H,(H,10,11)(H,12,13,14). The van der Waals surface area contributed by atoms with E-state index in [0.29, 0.717) is 0 Å². The van der Waals surface area contributed by atoms with Crippen molar-refractivity contribution in [1.29, 1.82) is 0 Å². The zero-order chi connectivity index (χ0) is 11.6. The van der Waals surface area contributed by atoms with Crippen LogP contribution >= 0.6 is 0 Å². The van der Waals surface area contributed by atoms with Crippen LogP contribution in [0.25, 0.3) is 5.53 Å². The van der Waals surface area contributed by atoms with Gasteiger partial charge in [-0.05, 0) is 12.1 Å². The van der Waals surface area contributed by atoms with Gasteiger partial charge in [-0.2, -0.15) is 0 Å². The van der Waals surface area contributed by atoms with Crippen LogP contribution < -0.4 is 0 Å². The number of hydrogen-bond acceptors (Lipinski definition) is 3. The van der Waals surface area contributed by atoms with E-state index in [-0.39, 0.29) is 15.4 Å². The van der Waals surface area contributed by atoms with Crippen LogP contribution in [0, 0.1) is 0 Å². The molecule has 15 heavy (non-hydrogen) atoms. The predicted molar refractivity (Wildman–Crippen MR) is 48.2 cm³/mol. The van der Waals surface area contributed by atoms with E-state index >= 15 is 0 Å². The van der Waals surface area contributed by atoms with Crippen molar-refractivity contribution >= 4 is 22.0 Å². The number of carboxylic acid groups (broad SMARTS) is 1. The maximum absolute atomic E-state index is 10.5. The molecule has 0 radical (unpaired) electrons. The molecule has 0 aliphatic heterocycles. The lowest BCUT2D eigenvalue weighted by molar-refractivity contribution is -0.298. The van der Waals surface area contributed by atoms with Crippen molar-refractivity contribution in [3.8, 4) is 0 Å². The second-order valence-electron chi connectivity index (χ2n) is 2.57. The highest BCUT2D eigenvalue weighted by Gasteiger charge is 2.17. The van der Waals surface area contributed by atoms with Gasteiger partial charge >= 0.3 is 16.3 Å². The van der Waals surface area contributed by atoms with E-state index in [1.54, 1.807) is 0 Å². The van der Waals surface area contributed by atoms with Gasteiger partial charge in [-0.3, -0.25) is 0 Å². The van der Waals surface area contributed by atoms with Crippen molar-refractivity contribution < 1.29 is 27.0 Å². The number of aromatic carboxylic acids is 1. The molecule has 1 rings (SSSR count). The van der Waals surface area contributed by atoms with Crippen molar-refractivity contribution in [3.05, 3.63) is 35.4 Å². The third-order valence-electron chi connectivity index (χ3n) is 1.55. The molecule has 2 N–H and O–H groups in total. The molecular formula is C7H6N2O5S. The lowest BCUT2D eigenvalue weighted by Gasteiger charge is -2.00. The normalized spacial score (nSPS) is 11.0. The Labute approximate surface area is 85.0 Å². The van der Waals surface area contributed by atoms with Crippen molar-refractivity contribution in [2.24, 2.45) is 0 Å². The van der Waals surface area contributed by atoms with Gasteiger partial charge in [0, 0.05) is 12.1 Å². The van der Waals surface area contributed by atoms with Gasteiger partial charge in [0.25, 0.3) is 0 Å². The Kier molecular flexibility index (Phi) is 2.82. The molecule has 0 saturated heterocycles. The van der Waals surface area contributed by atoms with Crippen molar-refractivity contribution in [1.82, 2.24) is 0 Å². The molecule has 1 aromatic rings. The van der Waals surface area contributed by atoms with Gasteiger partial charge in [-0.25, -0.2) is 9.35 Å². The molecule has 7 nitrogen and oxygen atoms in total. The molecule has 0 spiro atoms. The molecule has 0 aliphatic rings. The minimum Gasteiger partial charge on any atom is -0.478 e. The van der Waals surface area contributed by atoms with Gasteiger partial charge in [0.15, 0.2) is 0 Å². The molecule has 0 heterocycles. The summed E-state index contributed by atoms with van der Waals surface area (Å²) in [4.78, 5) is 10.4. The van der Waals surface area contributed by atoms with Crippen LogP contribution in [0.3, 0.4) is 0 Å². The summed E-state index contributed by atoms with van der Waals surface area (Å²) in [5.41, 5.74) is 8.61. The third-order valence-corrected chi connectivity index (χ3v) is 2.20. The van der Waals surface area contributed by atoms with Crippen LogP contribution in [0.1, 0.15) is 10.4 Å². The number of carboxylic acids is 1. The zero-order valence-corrected chi connectivity index (χ0v) is 8.05.